The Morgan fingerprint density at radius 2 is 2.00 bits per heavy atom. The van der Waals surface area contributed by atoms with E-state index in [-0.39, 0.29) is 23.9 Å². The molecule has 4 atom stereocenters. The minimum absolute atomic E-state index is 0.0508. The van der Waals surface area contributed by atoms with E-state index < -0.39 is 0 Å². The van der Waals surface area contributed by atoms with Crippen molar-refractivity contribution in [1.29, 1.82) is 0 Å². The normalized spacial score (nSPS) is 27.6. The highest BCUT2D eigenvalue weighted by atomic mass is 16.5. The number of fused-ring (bicyclic) bond motifs is 3. The van der Waals surface area contributed by atoms with E-state index in [4.69, 9.17) is 18.9 Å². The Morgan fingerprint density at radius 3 is 2.71 bits per heavy atom. The van der Waals surface area contributed by atoms with E-state index in [1.165, 1.54) is 5.57 Å². The maximum absolute atomic E-state index is 12.8. The summed E-state index contributed by atoms with van der Waals surface area (Å²) in [5.74, 6) is 3.05. The third kappa shape index (κ3) is 4.52. The summed E-state index contributed by atoms with van der Waals surface area (Å²) in [6.45, 7) is 7.02. The summed E-state index contributed by atoms with van der Waals surface area (Å²) in [4.78, 5) is 12.8. The molecule has 0 saturated carbocycles. The lowest BCUT2D eigenvalue weighted by atomic mass is 9.73. The molecule has 0 radical (unpaired) electrons. The third-order valence-corrected chi connectivity index (χ3v) is 6.97. The Labute approximate surface area is 185 Å². The van der Waals surface area contributed by atoms with Crippen LogP contribution in [-0.2, 0) is 14.3 Å². The van der Waals surface area contributed by atoms with Gasteiger partial charge in [-0.25, -0.2) is 0 Å². The van der Waals surface area contributed by atoms with E-state index in [0.717, 1.165) is 48.3 Å². The number of esters is 1. The average Bonchev–Trinajstić information content (AvgIpc) is 2.77. The van der Waals surface area contributed by atoms with Crippen LogP contribution in [0.2, 0.25) is 0 Å². The molecule has 5 heteroatoms. The first-order valence-corrected chi connectivity index (χ1v) is 11.4. The van der Waals surface area contributed by atoms with Gasteiger partial charge in [0, 0.05) is 31.4 Å². The highest BCUT2D eigenvalue weighted by Crippen LogP contribution is 2.47. The number of aryl methyl sites for hydroxylation is 1. The van der Waals surface area contributed by atoms with E-state index in [0.29, 0.717) is 24.2 Å². The molecule has 1 unspecified atom stereocenters. The minimum Gasteiger partial charge on any atom is -0.501 e. The van der Waals surface area contributed by atoms with Crippen LogP contribution in [0.15, 0.2) is 35.6 Å². The van der Waals surface area contributed by atoms with Crippen molar-refractivity contribution in [3.05, 3.63) is 46.7 Å². The zero-order valence-electron chi connectivity index (χ0n) is 19.3. The molecule has 0 spiro atoms. The molecule has 0 amide bonds. The second-order valence-corrected chi connectivity index (χ2v) is 9.37. The lowest BCUT2D eigenvalue weighted by Crippen LogP contribution is -2.33. The Kier molecular flexibility index (Phi) is 6.42. The predicted molar refractivity (Wildman–Crippen MR) is 119 cm³/mol. The molecule has 3 aliphatic rings. The molecule has 1 heterocycles. The molecule has 168 valence electrons. The molecule has 1 aliphatic heterocycles. The van der Waals surface area contributed by atoms with E-state index >= 15 is 0 Å². The standard InChI is InChI=1S/C26H34O5/c1-15(2)18-6-7-21-22-8-16(3)24(13-25(22)31-26(27)23(21)11-18)30-14-17-9-19(28-4)12-20(10-17)29-5/h8,11-13,15,17,19,21,23H,6-7,9-10,14H2,1-5H3/t17-,19+,21?,23+/m0/s1. The number of ether oxygens (including phenoxy) is 4. The van der Waals surface area contributed by atoms with Gasteiger partial charge in [-0.1, -0.05) is 25.5 Å². The van der Waals surface area contributed by atoms with Gasteiger partial charge in [0.05, 0.1) is 31.5 Å². The first-order chi connectivity index (χ1) is 14.9. The first kappa shape index (κ1) is 21.9. The molecule has 2 aliphatic carbocycles. The summed E-state index contributed by atoms with van der Waals surface area (Å²) in [6, 6.07) is 4.06. The fourth-order valence-electron chi connectivity index (χ4n) is 5.09. The molecule has 1 aromatic carbocycles. The number of carbonyl (C=O) groups is 1. The van der Waals surface area contributed by atoms with Crippen molar-refractivity contribution in [3.8, 4) is 11.5 Å². The van der Waals surface area contributed by atoms with E-state index in [1.807, 2.05) is 12.1 Å². The zero-order chi connectivity index (χ0) is 22.1. The number of benzene rings is 1. The van der Waals surface area contributed by atoms with Gasteiger partial charge in [-0.05, 0) is 55.4 Å². The Morgan fingerprint density at radius 1 is 1.19 bits per heavy atom. The van der Waals surface area contributed by atoms with Gasteiger partial charge in [0.15, 0.2) is 0 Å². The molecule has 1 aromatic rings. The van der Waals surface area contributed by atoms with Gasteiger partial charge in [-0.3, -0.25) is 4.79 Å². The van der Waals surface area contributed by atoms with Crippen molar-refractivity contribution in [1.82, 2.24) is 0 Å². The lowest BCUT2D eigenvalue weighted by molar-refractivity contribution is -0.139. The number of hydrogen-bond donors (Lipinski definition) is 0. The van der Waals surface area contributed by atoms with Gasteiger partial charge in [0.1, 0.15) is 11.5 Å². The minimum atomic E-state index is -0.169. The van der Waals surface area contributed by atoms with Gasteiger partial charge in [-0.15, -0.1) is 0 Å². The molecule has 0 saturated heterocycles. The van der Waals surface area contributed by atoms with Crippen LogP contribution < -0.4 is 9.47 Å². The van der Waals surface area contributed by atoms with Crippen LogP contribution in [-0.4, -0.2) is 32.9 Å². The second-order valence-electron chi connectivity index (χ2n) is 9.37. The largest absolute Gasteiger partial charge is 0.501 e. The Hall–Kier alpha value is -2.27. The van der Waals surface area contributed by atoms with Gasteiger partial charge < -0.3 is 18.9 Å². The van der Waals surface area contributed by atoms with Crippen molar-refractivity contribution in [2.24, 2.45) is 17.8 Å². The summed E-state index contributed by atoms with van der Waals surface area (Å²) >= 11 is 0. The Bertz CT molecular complexity index is 897. The molecular weight excluding hydrogens is 392 g/mol. The van der Waals surface area contributed by atoms with Crippen molar-refractivity contribution in [2.75, 3.05) is 20.8 Å². The van der Waals surface area contributed by atoms with Crippen molar-refractivity contribution in [3.63, 3.8) is 0 Å². The highest BCUT2D eigenvalue weighted by Gasteiger charge is 2.39. The first-order valence-electron chi connectivity index (χ1n) is 11.4. The summed E-state index contributed by atoms with van der Waals surface area (Å²) in [6.07, 6.45) is 8.01. The lowest BCUT2D eigenvalue weighted by Gasteiger charge is -2.35. The van der Waals surface area contributed by atoms with Gasteiger partial charge in [-0.2, -0.15) is 0 Å². The van der Waals surface area contributed by atoms with Gasteiger partial charge in [0.2, 0.25) is 0 Å². The summed E-state index contributed by atoms with van der Waals surface area (Å²) < 4.78 is 22.9. The average molecular weight is 427 g/mol. The van der Waals surface area contributed by atoms with Crippen LogP contribution in [0.5, 0.6) is 11.5 Å². The second kappa shape index (κ2) is 9.07. The number of methoxy groups -OCH3 is 2. The van der Waals surface area contributed by atoms with Crippen LogP contribution in [0.1, 0.15) is 56.6 Å². The number of allylic oxidation sites excluding steroid dienone is 2. The van der Waals surface area contributed by atoms with Crippen molar-refractivity contribution < 1.29 is 23.7 Å². The highest BCUT2D eigenvalue weighted by molar-refractivity contribution is 5.82. The monoisotopic (exact) mass is 426 g/mol. The van der Waals surface area contributed by atoms with Crippen molar-refractivity contribution >= 4 is 5.97 Å². The summed E-state index contributed by atoms with van der Waals surface area (Å²) in [5.41, 5.74) is 3.58. The zero-order valence-corrected chi connectivity index (χ0v) is 19.3. The van der Waals surface area contributed by atoms with Gasteiger partial charge in [0.25, 0.3) is 0 Å². The quantitative estimate of drug-likeness (QED) is 0.350. The van der Waals surface area contributed by atoms with E-state index in [2.05, 4.69) is 32.9 Å². The topological polar surface area (TPSA) is 54.0 Å². The predicted octanol–water partition coefficient (Wildman–Crippen LogP) is 5.32. The number of carbonyl (C=O) groups excluding carboxylic acids is 1. The van der Waals surface area contributed by atoms with Crippen LogP contribution in [0.4, 0.5) is 0 Å². The molecule has 31 heavy (non-hydrogen) atoms. The molecule has 0 bridgehead atoms. The van der Waals surface area contributed by atoms with Crippen LogP contribution in [0, 0.1) is 24.7 Å². The summed E-state index contributed by atoms with van der Waals surface area (Å²) in [5, 5.41) is 0. The molecule has 0 aromatic heterocycles. The van der Waals surface area contributed by atoms with E-state index in [1.54, 1.807) is 14.2 Å². The third-order valence-electron chi connectivity index (χ3n) is 6.97. The maximum Gasteiger partial charge on any atom is 0.318 e. The molecule has 0 N–H and O–H groups in total. The maximum atomic E-state index is 12.8. The summed E-state index contributed by atoms with van der Waals surface area (Å²) in [7, 11) is 3.42. The SMILES string of the molecule is COC1=C[C@H](OC)C[C@H](COc2cc3c(cc2C)C2CCC(C(C)C)=C[C@H]2C(=O)O3)C1. The molecule has 0 fully saturated rings. The smallest absolute Gasteiger partial charge is 0.318 e. The molecular formula is C26H34O5. The fourth-order valence-corrected chi connectivity index (χ4v) is 5.09. The fraction of sp³-hybridized carbons (Fsp3) is 0.577. The van der Waals surface area contributed by atoms with E-state index in [9.17, 15) is 4.79 Å². The number of rotatable bonds is 6. The van der Waals surface area contributed by atoms with Gasteiger partial charge >= 0.3 is 5.97 Å². The molecule has 4 rings (SSSR count). The van der Waals surface area contributed by atoms with Crippen molar-refractivity contribution in [2.45, 2.75) is 58.5 Å². The van der Waals surface area contributed by atoms with Crippen LogP contribution in [0.25, 0.3) is 0 Å². The Balaban J connectivity index is 1.50. The van der Waals surface area contributed by atoms with Crippen LogP contribution in [0.3, 0.4) is 0 Å². The molecule has 5 nitrogen and oxygen atoms in total. The number of hydrogen-bond acceptors (Lipinski definition) is 5. The van der Waals surface area contributed by atoms with Crippen LogP contribution >= 0.6 is 0 Å².